The summed E-state index contributed by atoms with van der Waals surface area (Å²) in [5.74, 6) is 0.821. The lowest BCUT2D eigenvalue weighted by molar-refractivity contribution is 0.400. The molecule has 0 spiro atoms. The number of fused-ring (bicyclic) bond motifs is 1. The lowest BCUT2D eigenvalue weighted by atomic mass is 9.99. The molecule has 0 saturated heterocycles. The van der Waals surface area contributed by atoms with Crippen molar-refractivity contribution >= 4 is 21.4 Å². The predicted octanol–water partition coefficient (Wildman–Crippen LogP) is 6.08. The first kappa shape index (κ1) is 16.5. The third kappa shape index (κ3) is 4.08. The minimum atomic E-state index is 0.457. The maximum absolute atomic E-state index is 3.77. The van der Waals surface area contributed by atoms with E-state index in [0.29, 0.717) is 6.04 Å². The number of nitrogens with one attached hydrogen (secondary N) is 1. The fourth-order valence-corrected chi connectivity index (χ4v) is 4.22. The number of hydrogen-bond donors (Lipinski definition) is 1. The number of hydrogen-bond acceptors (Lipinski definition) is 2. The first-order valence-electron chi connectivity index (χ1n) is 8.38. The molecule has 2 atom stereocenters. The van der Waals surface area contributed by atoms with Crippen molar-refractivity contribution in [1.29, 1.82) is 0 Å². The molecule has 2 rings (SSSR count). The van der Waals surface area contributed by atoms with Gasteiger partial charge in [-0.25, -0.2) is 0 Å². The van der Waals surface area contributed by atoms with Gasteiger partial charge in [0.1, 0.15) is 0 Å². The van der Waals surface area contributed by atoms with Crippen molar-refractivity contribution in [2.75, 3.05) is 6.54 Å². The third-order valence-electron chi connectivity index (χ3n) is 4.53. The lowest BCUT2D eigenvalue weighted by Gasteiger charge is -2.19. The second-order valence-corrected chi connectivity index (χ2v) is 7.22. The summed E-state index contributed by atoms with van der Waals surface area (Å²) < 4.78 is 1.41. The molecule has 1 N–H and O–H groups in total. The van der Waals surface area contributed by atoms with E-state index in [9.17, 15) is 0 Å². The molecule has 1 aromatic carbocycles. The Bertz CT molecular complexity index is 558. The molecule has 2 heteroatoms. The fraction of sp³-hybridized carbons (Fsp3) is 0.579. The van der Waals surface area contributed by atoms with Crippen LogP contribution in [0.15, 0.2) is 24.3 Å². The molecule has 0 radical (unpaired) electrons. The van der Waals surface area contributed by atoms with Crippen molar-refractivity contribution in [2.45, 2.75) is 59.4 Å². The van der Waals surface area contributed by atoms with Gasteiger partial charge in [0, 0.05) is 15.6 Å². The summed E-state index contributed by atoms with van der Waals surface area (Å²) in [7, 11) is 0. The van der Waals surface area contributed by atoms with E-state index in [2.05, 4.69) is 57.3 Å². The summed E-state index contributed by atoms with van der Waals surface area (Å²) in [5.41, 5.74) is 1.46. The zero-order chi connectivity index (χ0) is 15.2. The molecule has 2 unspecified atom stereocenters. The standard InChI is InChI=1S/C19H29NS/c1-5-7-10-16(6-2)13-20-15(4)19-14(3)17-11-8-9-12-18(17)21-19/h8-9,11-12,15-16,20H,5-7,10,13H2,1-4H3. The Labute approximate surface area is 133 Å². The van der Waals surface area contributed by atoms with Crippen LogP contribution < -0.4 is 5.32 Å². The number of benzene rings is 1. The Kier molecular flexibility index (Phi) is 6.25. The van der Waals surface area contributed by atoms with Crippen LogP contribution in [0.2, 0.25) is 0 Å². The highest BCUT2D eigenvalue weighted by atomic mass is 32.1. The van der Waals surface area contributed by atoms with E-state index in [4.69, 9.17) is 0 Å². The predicted molar refractivity (Wildman–Crippen MR) is 96.3 cm³/mol. The second-order valence-electron chi connectivity index (χ2n) is 6.13. The van der Waals surface area contributed by atoms with Crippen LogP contribution in [0.1, 0.15) is 62.9 Å². The van der Waals surface area contributed by atoms with Gasteiger partial charge in [-0.3, -0.25) is 0 Å². The highest BCUT2D eigenvalue weighted by molar-refractivity contribution is 7.19. The maximum Gasteiger partial charge on any atom is 0.0389 e. The van der Waals surface area contributed by atoms with E-state index >= 15 is 0 Å². The van der Waals surface area contributed by atoms with Gasteiger partial charge < -0.3 is 5.32 Å². The normalized spacial score (nSPS) is 14.5. The van der Waals surface area contributed by atoms with Crippen LogP contribution in [-0.4, -0.2) is 6.54 Å². The van der Waals surface area contributed by atoms with E-state index in [1.165, 1.54) is 46.2 Å². The molecule has 0 bridgehead atoms. The van der Waals surface area contributed by atoms with Crippen LogP contribution >= 0.6 is 11.3 Å². The summed E-state index contributed by atoms with van der Waals surface area (Å²) in [6, 6.07) is 9.21. The first-order valence-corrected chi connectivity index (χ1v) is 9.20. The number of rotatable bonds is 8. The minimum Gasteiger partial charge on any atom is -0.309 e. The van der Waals surface area contributed by atoms with E-state index < -0.39 is 0 Å². The number of unbranched alkanes of at least 4 members (excludes halogenated alkanes) is 1. The summed E-state index contributed by atoms with van der Waals surface area (Å²) in [6.45, 7) is 10.3. The van der Waals surface area contributed by atoms with Crippen LogP contribution in [0.4, 0.5) is 0 Å². The van der Waals surface area contributed by atoms with Gasteiger partial charge in [0.05, 0.1) is 0 Å². The Morgan fingerprint density at radius 2 is 1.95 bits per heavy atom. The smallest absolute Gasteiger partial charge is 0.0389 e. The van der Waals surface area contributed by atoms with Crippen molar-refractivity contribution in [3.05, 3.63) is 34.7 Å². The Hall–Kier alpha value is -0.860. The molecule has 1 aromatic heterocycles. The number of thiophene rings is 1. The van der Waals surface area contributed by atoms with Gasteiger partial charge in [0.15, 0.2) is 0 Å². The van der Waals surface area contributed by atoms with Gasteiger partial charge in [0.2, 0.25) is 0 Å². The molecule has 2 aromatic rings. The lowest BCUT2D eigenvalue weighted by Crippen LogP contribution is -2.25. The third-order valence-corrected chi connectivity index (χ3v) is 5.99. The maximum atomic E-state index is 3.77. The minimum absolute atomic E-state index is 0.457. The van der Waals surface area contributed by atoms with Crippen LogP contribution in [0, 0.1) is 12.8 Å². The van der Waals surface area contributed by atoms with Crippen LogP contribution in [0.5, 0.6) is 0 Å². The Morgan fingerprint density at radius 1 is 1.19 bits per heavy atom. The molecule has 1 heterocycles. The van der Waals surface area contributed by atoms with Gasteiger partial charge in [-0.15, -0.1) is 11.3 Å². The molecule has 0 aliphatic rings. The average molecular weight is 304 g/mol. The van der Waals surface area contributed by atoms with Gasteiger partial charge in [-0.05, 0) is 49.7 Å². The van der Waals surface area contributed by atoms with Gasteiger partial charge in [-0.2, -0.15) is 0 Å². The molecule has 1 nitrogen and oxygen atoms in total. The quantitative estimate of drug-likeness (QED) is 0.623. The van der Waals surface area contributed by atoms with Gasteiger partial charge in [-0.1, -0.05) is 51.3 Å². The Balaban J connectivity index is 2.01. The molecule has 0 saturated carbocycles. The van der Waals surface area contributed by atoms with E-state index in [1.54, 1.807) is 0 Å². The molecule has 116 valence electrons. The second kappa shape index (κ2) is 7.95. The average Bonchev–Trinajstić information content (AvgIpc) is 2.85. The summed E-state index contributed by atoms with van der Waals surface area (Å²) in [5, 5.41) is 5.19. The highest BCUT2D eigenvalue weighted by Crippen LogP contribution is 2.34. The zero-order valence-electron chi connectivity index (χ0n) is 13.9. The monoisotopic (exact) mass is 303 g/mol. The van der Waals surface area contributed by atoms with E-state index in [-0.39, 0.29) is 0 Å². The van der Waals surface area contributed by atoms with Crippen LogP contribution in [-0.2, 0) is 0 Å². The number of aryl methyl sites for hydroxylation is 1. The first-order chi connectivity index (χ1) is 10.2. The van der Waals surface area contributed by atoms with Crippen molar-refractivity contribution in [3.8, 4) is 0 Å². The molecule has 21 heavy (non-hydrogen) atoms. The van der Waals surface area contributed by atoms with Crippen molar-refractivity contribution in [2.24, 2.45) is 5.92 Å². The SMILES string of the molecule is CCCCC(CC)CNC(C)c1sc2ccccc2c1C. The van der Waals surface area contributed by atoms with Crippen molar-refractivity contribution in [1.82, 2.24) is 5.32 Å². The summed E-state index contributed by atoms with van der Waals surface area (Å²) in [4.78, 5) is 1.50. The van der Waals surface area contributed by atoms with Crippen LogP contribution in [0.25, 0.3) is 10.1 Å². The van der Waals surface area contributed by atoms with E-state index in [0.717, 1.165) is 12.5 Å². The largest absolute Gasteiger partial charge is 0.309 e. The molecule has 0 aliphatic heterocycles. The fourth-order valence-electron chi connectivity index (χ4n) is 2.99. The van der Waals surface area contributed by atoms with E-state index in [1.807, 2.05) is 11.3 Å². The van der Waals surface area contributed by atoms with Crippen molar-refractivity contribution in [3.63, 3.8) is 0 Å². The molecule has 0 amide bonds. The zero-order valence-corrected chi connectivity index (χ0v) is 14.7. The highest BCUT2D eigenvalue weighted by Gasteiger charge is 2.15. The molecule has 0 aliphatic carbocycles. The molecular weight excluding hydrogens is 274 g/mol. The van der Waals surface area contributed by atoms with Gasteiger partial charge >= 0.3 is 0 Å². The van der Waals surface area contributed by atoms with Crippen LogP contribution in [0.3, 0.4) is 0 Å². The van der Waals surface area contributed by atoms with Crippen molar-refractivity contribution < 1.29 is 0 Å². The topological polar surface area (TPSA) is 12.0 Å². The summed E-state index contributed by atoms with van der Waals surface area (Å²) >= 11 is 1.95. The Morgan fingerprint density at radius 3 is 2.62 bits per heavy atom. The van der Waals surface area contributed by atoms with Gasteiger partial charge in [0.25, 0.3) is 0 Å². The summed E-state index contributed by atoms with van der Waals surface area (Å²) in [6.07, 6.45) is 5.31. The molecular formula is C19H29NS. The molecule has 0 fully saturated rings.